The van der Waals surface area contributed by atoms with E-state index in [4.69, 9.17) is 34.3 Å². The van der Waals surface area contributed by atoms with Gasteiger partial charge >= 0.3 is 17.9 Å². The normalized spacial score (nSPS) is 16.1. The molecule has 1 aromatic heterocycles. The summed E-state index contributed by atoms with van der Waals surface area (Å²) < 4.78 is 16.0. The molecule has 1 saturated heterocycles. The molecule has 1 aromatic carbocycles. The number of furan rings is 1. The fraction of sp³-hybridized carbons (Fsp3) is 0.542. The lowest BCUT2D eigenvalue weighted by molar-refractivity contribution is -0.165. The quantitative estimate of drug-likeness (QED) is 0.241. The summed E-state index contributed by atoms with van der Waals surface area (Å²) in [6.07, 6.45) is -2.24. The number of likely N-dealkylation sites (tertiary alicyclic amines) is 1. The number of carboxylic acid groups (broad SMARTS) is 2. The first kappa shape index (κ1) is 29.0. The topological polar surface area (TPSA) is 187 Å². The van der Waals surface area contributed by atoms with Gasteiger partial charge in [0.1, 0.15) is 29.3 Å². The van der Waals surface area contributed by atoms with Crippen LogP contribution in [-0.4, -0.2) is 94.0 Å². The van der Waals surface area contributed by atoms with Crippen LogP contribution in [0.4, 0.5) is 0 Å². The number of carbonyl (C=O) groups is 3. The molecule has 1 fully saturated rings. The van der Waals surface area contributed by atoms with Crippen LogP contribution in [0.2, 0.25) is 0 Å². The number of carboxylic acids is 2. The van der Waals surface area contributed by atoms with Crippen LogP contribution in [-0.2, 0) is 25.6 Å². The first-order valence-corrected chi connectivity index (χ1v) is 11.4. The fourth-order valence-corrected chi connectivity index (χ4v) is 3.78. The highest BCUT2D eigenvalue weighted by Gasteiger charge is 2.29. The van der Waals surface area contributed by atoms with Crippen LogP contribution in [0.1, 0.15) is 41.4 Å². The smallest absolute Gasteiger partial charge is 0.342 e. The van der Waals surface area contributed by atoms with Gasteiger partial charge in [0.05, 0.1) is 6.61 Å². The number of aliphatic carboxylic acids is 2. The summed E-state index contributed by atoms with van der Waals surface area (Å²) in [6, 6.07) is 3.33. The maximum atomic E-state index is 12.6. The van der Waals surface area contributed by atoms with Crippen molar-refractivity contribution in [3.63, 3.8) is 0 Å². The summed E-state index contributed by atoms with van der Waals surface area (Å²) in [5.74, 6) is -2.57. The second-order valence-corrected chi connectivity index (χ2v) is 8.62. The molecule has 0 spiro atoms. The van der Waals surface area contributed by atoms with Gasteiger partial charge in [0.2, 0.25) is 0 Å². The Hall–Kier alpha value is -3.19. The Balaban J connectivity index is 0.000000388. The zero-order valence-electron chi connectivity index (χ0n) is 20.5. The van der Waals surface area contributed by atoms with E-state index in [2.05, 4.69) is 11.8 Å². The number of fused-ring (bicyclic) bond motifs is 1. The Morgan fingerprint density at radius 3 is 2.19 bits per heavy atom. The first-order chi connectivity index (χ1) is 17.0. The zero-order valence-corrected chi connectivity index (χ0v) is 20.5. The summed E-state index contributed by atoms with van der Waals surface area (Å²) in [6.45, 7) is 7.10. The highest BCUT2D eigenvalue weighted by atomic mass is 16.6. The van der Waals surface area contributed by atoms with Gasteiger partial charge in [-0.1, -0.05) is 6.92 Å². The lowest BCUT2D eigenvalue weighted by Gasteiger charge is -2.30. The standard InChI is InChI=1S/C20H27NO5.C4H6O6/c1-13-6-8-21(9-7-13)12-15-16(22)4-5-17-19(15)18(14(2)26-17)20(23)25-11-10-24-3;5-1(3(7)8)2(6)4(9)10/h4-5,13,22H,6-12H2,1-3H3;1-2,5-6H,(H,7,8)(H,9,10). The first-order valence-electron chi connectivity index (χ1n) is 11.4. The third kappa shape index (κ3) is 7.40. The molecule has 12 heteroatoms. The third-order valence-electron chi connectivity index (χ3n) is 5.90. The molecule has 2 heterocycles. The van der Waals surface area contributed by atoms with Crippen LogP contribution in [0, 0.1) is 12.8 Å². The monoisotopic (exact) mass is 511 g/mol. The predicted octanol–water partition coefficient (Wildman–Crippen LogP) is 1.36. The second kappa shape index (κ2) is 13.2. The van der Waals surface area contributed by atoms with Gasteiger partial charge in [-0.3, -0.25) is 4.90 Å². The summed E-state index contributed by atoms with van der Waals surface area (Å²) in [5, 5.41) is 43.7. The highest BCUT2D eigenvalue weighted by molar-refractivity contribution is 6.06. The zero-order chi connectivity index (χ0) is 27.0. The Bertz CT molecular complexity index is 1040. The maximum absolute atomic E-state index is 12.6. The van der Waals surface area contributed by atoms with Crippen molar-refractivity contribution < 1.29 is 53.8 Å². The van der Waals surface area contributed by atoms with Gasteiger partial charge in [0, 0.05) is 24.6 Å². The number of carbonyl (C=O) groups excluding carboxylic acids is 1. The number of methoxy groups -OCH3 is 1. The molecule has 2 atom stereocenters. The van der Waals surface area contributed by atoms with Crippen molar-refractivity contribution in [3.05, 3.63) is 29.0 Å². The largest absolute Gasteiger partial charge is 0.508 e. The number of esters is 1. The number of phenolic OH excluding ortho intramolecular Hbond substituents is 1. The van der Waals surface area contributed by atoms with E-state index in [1.807, 2.05) is 0 Å². The van der Waals surface area contributed by atoms with Crippen LogP contribution in [0.3, 0.4) is 0 Å². The lowest BCUT2D eigenvalue weighted by atomic mass is 9.97. The van der Waals surface area contributed by atoms with E-state index in [9.17, 15) is 19.5 Å². The van der Waals surface area contributed by atoms with E-state index in [1.54, 1.807) is 26.2 Å². The maximum Gasteiger partial charge on any atom is 0.342 e. The molecular formula is C24H33NO11. The van der Waals surface area contributed by atoms with Gasteiger partial charge in [-0.15, -0.1) is 0 Å². The molecule has 0 saturated carbocycles. The highest BCUT2D eigenvalue weighted by Crippen LogP contribution is 2.35. The number of benzene rings is 1. The van der Waals surface area contributed by atoms with Crippen molar-refractivity contribution in [1.29, 1.82) is 0 Å². The molecule has 1 aliphatic rings. The molecule has 0 aliphatic carbocycles. The van der Waals surface area contributed by atoms with Gasteiger partial charge < -0.3 is 39.4 Å². The number of aryl methyl sites for hydroxylation is 1. The van der Waals surface area contributed by atoms with E-state index in [0.29, 0.717) is 35.4 Å². The van der Waals surface area contributed by atoms with Crippen LogP contribution in [0.15, 0.2) is 16.5 Å². The van der Waals surface area contributed by atoms with Crippen LogP contribution in [0.25, 0.3) is 11.0 Å². The summed E-state index contributed by atoms with van der Waals surface area (Å²) in [5.41, 5.74) is 1.72. The van der Waals surface area contributed by atoms with Crippen LogP contribution in [0.5, 0.6) is 5.75 Å². The number of aliphatic hydroxyl groups excluding tert-OH is 2. The van der Waals surface area contributed by atoms with E-state index < -0.39 is 30.1 Å². The van der Waals surface area contributed by atoms with Gasteiger partial charge in [-0.05, 0) is 50.9 Å². The van der Waals surface area contributed by atoms with Gasteiger partial charge in [-0.25, -0.2) is 14.4 Å². The second-order valence-electron chi connectivity index (χ2n) is 8.62. The summed E-state index contributed by atoms with van der Waals surface area (Å²) >= 11 is 0. The van der Waals surface area contributed by atoms with E-state index in [0.717, 1.165) is 37.4 Å². The van der Waals surface area contributed by atoms with E-state index in [-0.39, 0.29) is 12.4 Å². The third-order valence-corrected chi connectivity index (χ3v) is 5.90. The Morgan fingerprint density at radius 1 is 1.08 bits per heavy atom. The van der Waals surface area contributed by atoms with Crippen LogP contribution >= 0.6 is 0 Å². The number of aliphatic hydroxyl groups is 2. The van der Waals surface area contributed by atoms with Crippen molar-refractivity contribution in [1.82, 2.24) is 4.90 Å². The van der Waals surface area contributed by atoms with Gasteiger partial charge in [-0.2, -0.15) is 0 Å². The van der Waals surface area contributed by atoms with Crippen molar-refractivity contribution in [2.75, 3.05) is 33.4 Å². The number of ether oxygens (including phenoxy) is 2. The van der Waals surface area contributed by atoms with E-state index >= 15 is 0 Å². The average Bonchev–Trinajstić information content (AvgIpc) is 3.17. The molecule has 1 aliphatic heterocycles. The number of rotatable bonds is 9. The molecule has 12 nitrogen and oxygen atoms in total. The minimum Gasteiger partial charge on any atom is -0.508 e. The number of aromatic hydroxyl groups is 1. The van der Waals surface area contributed by atoms with Gasteiger partial charge in [0.25, 0.3) is 0 Å². The van der Waals surface area contributed by atoms with E-state index in [1.165, 1.54) is 0 Å². The molecule has 0 radical (unpaired) electrons. The van der Waals surface area contributed by atoms with Crippen LogP contribution < -0.4 is 0 Å². The minimum absolute atomic E-state index is 0.180. The summed E-state index contributed by atoms with van der Waals surface area (Å²) in [4.78, 5) is 34.4. The minimum atomic E-state index is -2.27. The SMILES string of the molecule is COCCOC(=O)c1c(C)oc2ccc(O)c(CN3CCC(C)CC3)c12.O=C(O)C(O)C(O)C(=O)O. The molecule has 2 aromatic rings. The average molecular weight is 512 g/mol. The van der Waals surface area contributed by atoms with Crippen molar-refractivity contribution in [2.24, 2.45) is 5.92 Å². The molecule has 36 heavy (non-hydrogen) atoms. The predicted molar refractivity (Wildman–Crippen MR) is 126 cm³/mol. The number of nitrogens with zero attached hydrogens (tertiary/aromatic N) is 1. The van der Waals surface area contributed by atoms with Crippen molar-refractivity contribution in [2.45, 2.75) is 45.4 Å². The van der Waals surface area contributed by atoms with Gasteiger partial charge in [0.15, 0.2) is 12.2 Å². The molecule has 5 N–H and O–H groups in total. The Kier molecular flexibility index (Phi) is 10.7. The molecule has 0 bridgehead atoms. The number of hydrogen-bond acceptors (Lipinski definition) is 10. The Morgan fingerprint density at radius 2 is 1.67 bits per heavy atom. The molecule has 200 valence electrons. The van der Waals surface area contributed by atoms with Crippen molar-refractivity contribution >= 4 is 28.9 Å². The van der Waals surface area contributed by atoms with Crippen molar-refractivity contribution in [3.8, 4) is 5.75 Å². The lowest BCUT2D eigenvalue weighted by Crippen LogP contribution is -2.39. The molecule has 0 amide bonds. The Labute approximate surface area is 207 Å². The molecular weight excluding hydrogens is 478 g/mol. The number of piperidine rings is 1. The molecule has 3 rings (SSSR count). The summed E-state index contributed by atoms with van der Waals surface area (Å²) in [7, 11) is 1.56. The number of hydrogen-bond donors (Lipinski definition) is 5. The fourth-order valence-electron chi connectivity index (χ4n) is 3.78. The molecule has 2 unspecified atom stereocenters. The number of phenols is 1.